The van der Waals surface area contributed by atoms with Gasteiger partial charge in [0.15, 0.2) is 0 Å². The highest BCUT2D eigenvalue weighted by atomic mass is 32.2. The number of hydrogen-bond acceptors (Lipinski definition) is 2. The molecular formula is C9H19NO2S. The molecule has 3 nitrogen and oxygen atoms in total. The molecule has 1 fully saturated rings. The summed E-state index contributed by atoms with van der Waals surface area (Å²) in [5.74, 6) is 0.240. The zero-order valence-electron chi connectivity index (χ0n) is 8.49. The maximum absolute atomic E-state index is 11.6. The van der Waals surface area contributed by atoms with Gasteiger partial charge in [-0.2, -0.15) is 4.31 Å². The lowest BCUT2D eigenvalue weighted by molar-refractivity contribution is 0.247. The molecule has 0 aromatic carbocycles. The minimum atomic E-state index is -2.95. The van der Waals surface area contributed by atoms with Crippen LogP contribution in [-0.4, -0.2) is 31.1 Å². The van der Waals surface area contributed by atoms with Crippen molar-refractivity contribution in [1.82, 2.24) is 4.31 Å². The Morgan fingerprint density at radius 2 is 2.00 bits per heavy atom. The molecule has 0 bridgehead atoms. The van der Waals surface area contributed by atoms with Gasteiger partial charge in [0.05, 0.1) is 5.75 Å². The van der Waals surface area contributed by atoms with Crippen LogP contribution in [0.4, 0.5) is 0 Å². The molecule has 0 unspecified atom stereocenters. The summed E-state index contributed by atoms with van der Waals surface area (Å²) >= 11 is 0. The fourth-order valence-electron chi connectivity index (χ4n) is 1.91. The Labute approximate surface area is 81.2 Å². The van der Waals surface area contributed by atoms with Gasteiger partial charge in [-0.05, 0) is 26.2 Å². The quantitative estimate of drug-likeness (QED) is 0.702. The van der Waals surface area contributed by atoms with Crippen molar-refractivity contribution in [3.8, 4) is 0 Å². The Morgan fingerprint density at radius 1 is 1.31 bits per heavy atom. The van der Waals surface area contributed by atoms with Gasteiger partial charge < -0.3 is 0 Å². The first-order valence-corrected chi connectivity index (χ1v) is 6.72. The van der Waals surface area contributed by atoms with Crippen LogP contribution in [0.2, 0.25) is 0 Å². The third kappa shape index (κ3) is 2.44. The van der Waals surface area contributed by atoms with Gasteiger partial charge in [0, 0.05) is 12.6 Å². The summed E-state index contributed by atoms with van der Waals surface area (Å²) in [6.45, 7) is 4.51. The first kappa shape index (κ1) is 11.0. The molecule has 0 amide bonds. The van der Waals surface area contributed by atoms with Gasteiger partial charge in [-0.3, -0.25) is 0 Å². The van der Waals surface area contributed by atoms with Gasteiger partial charge in [-0.15, -0.1) is 0 Å². The molecule has 0 radical (unpaired) electrons. The zero-order valence-corrected chi connectivity index (χ0v) is 9.31. The monoisotopic (exact) mass is 205 g/mol. The number of nitrogens with zero attached hydrogens (tertiary/aromatic N) is 1. The summed E-state index contributed by atoms with van der Waals surface area (Å²) in [5.41, 5.74) is 0. The van der Waals surface area contributed by atoms with Crippen molar-refractivity contribution in [2.45, 2.75) is 45.6 Å². The molecule has 0 aliphatic carbocycles. The summed E-state index contributed by atoms with van der Waals surface area (Å²) < 4.78 is 25.0. The number of rotatable bonds is 3. The van der Waals surface area contributed by atoms with E-state index in [-0.39, 0.29) is 11.8 Å². The summed E-state index contributed by atoms with van der Waals surface area (Å²) in [4.78, 5) is 0. The molecule has 0 N–H and O–H groups in total. The minimum Gasteiger partial charge on any atom is -0.212 e. The third-order valence-corrected chi connectivity index (χ3v) is 4.69. The molecule has 1 aliphatic heterocycles. The first-order valence-electron chi connectivity index (χ1n) is 5.11. The summed E-state index contributed by atoms with van der Waals surface area (Å²) in [5, 5.41) is 0. The highest BCUT2D eigenvalue weighted by molar-refractivity contribution is 7.89. The molecule has 1 heterocycles. The van der Waals surface area contributed by atoms with E-state index in [1.54, 1.807) is 11.2 Å². The van der Waals surface area contributed by atoms with Crippen molar-refractivity contribution < 1.29 is 8.42 Å². The molecular weight excluding hydrogens is 186 g/mol. The smallest absolute Gasteiger partial charge is 0.212 e. The van der Waals surface area contributed by atoms with Gasteiger partial charge in [-0.1, -0.05) is 13.3 Å². The lowest BCUT2D eigenvalue weighted by Crippen LogP contribution is -2.43. The SMILES string of the molecule is CC[C@@H]1CCCCN1S(=O)(=O)CC. The molecule has 0 saturated carbocycles. The van der Waals surface area contributed by atoms with E-state index in [9.17, 15) is 8.42 Å². The molecule has 1 saturated heterocycles. The van der Waals surface area contributed by atoms with Crippen LogP contribution in [0.3, 0.4) is 0 Å². The van der Waals surface area contributed by atoms with Crippen LogP contribution in [0.25, 0.3) is 0 Å². The molecule has 1 aliphatic rings. The van der Waals surface area contributed by atoms with Gasteiger partial charge >= 0.3 is 0 Å². The van der Waals surface area contributed by atoms with E-state index in [1.807, 2.05) is 0 Å². The third-order valence-electron chi connectivity index (χ3n) is 2.77. The molecule has 13 heavy (non-hydrogen) atoms. The van der Waals surface area contributed by atoms with Crippen molar-refractivity contribution in [3.63, 3.8) is 0 Å². The van der Waals surface area contributed by atoms with Crippen LogP contribution in [0.5, 0.6) is 0 Å². The van der Waals surface area contributed by atoms with Gasteiger partial charge in [-0.25, -0.2) is 8.42 Å². The molecule has 4 heteroatoms. The van der Waals surface area contributed by atoms with Crippen molar-refractivity contribution in [2.24, 2.45) is 0 Å². The number of sulfonamides is 1. The van der Waals surface area contributed by atoms with Gasteiger partial charge in [0.25, 0.3) is 0 Å². The topological polar surface area (TPSA) is 37.4 Å². The van der Waals surface area contributed by atoms with Crippen LogP contribution in [0.15, 0.2) is 0 Å². The molecule has 0 aromatic rings. The largest absolute Gasteiger partial charge is 0.214 e. The highest BCUT2D eigenvalue weighted by Gasteiger charge is 2.29. The minimum absolute atomic E-state index is 0.240. The van der Waals surface area contributed by atoms with Crippen LogP contribution in [0, 0.1) is 0 Å². The Kier molecular flexibility index (Phi) is 3.74. The Balaban J connectivity index is 2.75. The van der Waals surface area contributed by atoms with Crippen molar-refractivity contribution in [3.05, 3.63) is 0 Å². The van der Waals surface area contributed by atoms with Crippen molar-refractivity contribution in [1.29, 1.82) is 0 Å². The first-order chi connectivity index (χ1) is 6.11. The maximum atomic E-state index is 11.6. The standard InChI is InChI=1S/C9H19NO2S/c1-3-9-7-5-6-8-10(9)13(11,12)4-2/h9H,3-8H2,1-2H3/t9-/m1/s1. The second-order valence-electron chi connectivity index (χ2n) is 3.57. The van der Waals surface area contributed by atoms with E-state index in [0.717, 1.165) is 25.8 Å². The highest BCUT2D eigenvalue weighted by Crippen LogP contribution is 2.22. The van der Waals surface area contributed by atoms with E-state index in [2.05, 4.69) is 6.92 Å². The molecule has 0 aromatic heterocycles. The molecule has 78 valence electrons. The van der Waals surface area contributed by atoms with E-state index in [1.165, 1.54) is 6.42 Å². The van der Waals surface area contributed by atoms with Crippen LogP contribution < -0.4 is 0 Å². The average Bonchev–Trinajstić information content (AvgIpc) is 2.18. The Hall–Kier alpha value is -0.0900. The summed E-state index contributed by atoms with van der Waals surface area (Å²) in [7, 11) is -2.95. The normalized spacial score (nSPS) is 26.2. The van der Waals surface area contributed by atoms with E-state index in [0.29, 0.717) is 0 Å². The van der Waals surface area contributed by atoms with Crippen LogP contribution in [0.1, 0.15) is 39.5 Å². The second kappa shape index (κ2) is 4.42. The Bertz CT molecular complexity index is 248. The zero-order chi connectivity index (χ0) is 9.90. The van der Waals surface area contributed by atoms with E-state index < -0.39 is 10.0 Å². The number of hydrogen-bond donors (Lipinski definition) is 0. The maximum Gasteiger partial charge on any atom is 0.214 e. The Morgan fingerprint density at radius 3 is 2.54 bits per heavy atom. The predicted octanol–water partition coefficient (Wildman–Crippen LogP) is 1.60. The number of piperidine rings is 1. The van der Waals surface area contributed by atoms with E-state index >= 15 is 0 Å². The van der Waals surface area contributed by atoms with Crippen LogP contribution >= 0.6 is 0 Å². The summed E-state index contributed by atoms with van der Waals surface area (Å²) in [6, 6.07) is 0.263. The van der Waals surface area contributed by atoms with Crippen LogP contribution in [-0.2, 0) is 10.0 Å². The molecule has 1 atom stereocenters. The van der Waals surface area contributed by atoms with Gasteiger partial charge in [0.1, 0.15) is 0 Å². The second-order valence-corrected chi connectivity index (χ2v) is 5.78. The lowest BCUT2D eigenvalue weighted by Gasteiger charge is -2.33. The fraction of sp³-hybridized carbons (Fsp3) is 1.00. The van der Waals surface area contributed by atoms with E-state index in [4.69, 9.17) is 0 Å². The predicted molar refractivity (Wildman–Crippen MR) is 54.1 cm³/mol. The molecule has 1 rings (SSSR count). The average molecular weight is 205 g/mol. The van der Waals surface area contributed by atoms with Crippen molar-refractivity contribution in [2.75, 3.05) is 12.3 Å². The molecule has 0 spiro atoms. The van der Waals surface area contributed by atoms with Crippen molar-refractivity contribution >= 4 is 10.0 Å². The fourth-order valence-corrected chi connectivity index (χ4v) is 3.36. The lowest BCUT2D eigenvalue weighted by atomic mass is 10.0. The summed E-state index contributed by atoms with van der Waals surface area (Å²) in [6.07, 6.45) is 4.18. The van der Waals surface area contributed by atoms with Gasteiger partial charge in [0.2, 0.25) is 10.0 Å².